The van der Waals surface area contributed by atoms with Crippen LogP contribution in [-0.2, 0) is 15.6 Å². The van der Waals surface area contributed by atoms with Crippen LogP contribution in [0.2, 0.25) is 0 Å². The van der Waals surface area contributed by atoms with E-state index in [1.165, 1.54) is 24.3 Å². The fourth-order valence-corrected chi connectivity index (χ4v) is 4.84. The van der Waals surface area contributed by atoms with E-state index in [9.17, 15) is 22.3 Å². The van der Waals surface area contributed by atoms with E-state index < -0.39 is 22.0 Å². The van der Waals surface area contributed by atoms with Crippen LogP contribution in [0.3, 0.4) is 0 Å². The lowest BCUT2D eigenvalue weighted by Gasteiger charge is -2.34. The molecule has 1 aliphatic carbocycles. The Kier molecular flexibility index (Phi) is 5.62. The molecule has 0 aromatic heterocycles. The molecule has 23 heavy (non-hydrogen) atoms. The molecule has 7 heteroatoms. The first-order valence-electron chi connectivity index (χ1n) is 7.64. The van der Waals surface area contributed by atoms with Gasteiger partial charge in [0.1, 0.15) is 5.75 Å². The molecule has 0 heterocycles. The number of aliphatic hydroxyl groups is 1. The van der Waals surface area contributed by atoms with E-state index in [0.29, 0.717) is 24.3 Å². The van der Waals surface area contributed by atoms with E-state index in [4.69, 9.17) is 0 Å². The summed E-state index contributed by atoms with van der Waals surface area (Å²) in [4.78, 5) is 0. The minimum atomic E-state index is -3.49. The Morgan fingerprint density at radius 3 is 2.35 bits per heavy atom. The first kappa shape index (κ1) is 18.1. The predicted molar refractivity (Wildman–Crippen MR) is 83.1 cm³/mol. The Morgan fingerprint density at radius 2 is 1.83 bits per heavy atom. The van der Waals surface area contributed by atoms with Crippen molar-refractivity contribution in [1.82, 2.24) is 0 Å². The van der Waals surface area contributed by atoms with Gasteiger partial charge in [0.25, 0.3) is 0 Å². The van der Waals surface area contributed by atoms with E-state index in [1.54, 1.807) is 0 Å². The molecule has 1 fully saturated rings. The Bertz CT molecular complexity index is 605. The third-order valence-corrected chi connectivity index (χ3v) is 5.98. The van der Waals surface area contributed by atoms with Crippen molar-refractivity contribution in [2.24, 2.45) is 5.92 Å². The van der Waals surface area contributed by atoms with Crippen LogP contribution in [0.5, 0.6) is 5.75 Å². The van der Waals surface area contributed by atoms with Crippen LogP contribution in [0.4, 0.5) is 8.78 Å². The molecule has 0 saturated heterocycles. The van der Waals surface area contributed by atoms with Crippen LogP contribution in [0.25, 0.3) is 0 Å². The molecule has 0 radical (unpaired) electrons. The minimum Gasteiger partial charge on any atom is -0.435 e. The largest absolute Gasteiger partial charge is 0.435 e. The molecule has 0 atom stereocenters. The van der Waals surface area contributed by atoms with Crippen molar-refractivity contribution in [3.8, 4) is 5.75 Å². The van der Waals surface area contributed by atoms with Gasteiger partial charge in [-0.1, -0.05) is 19.1 Å². The maximum atomic E-state index is 12.3. The van der Waals surface area contributed by atoms with Crippen molar-refractivity contribution in [1.29, 1.82) is 0 Å². The minimum absolute atomic E-state index is 0.0129. The Morgan fingerprint density at radius 1 is 1.26 bits per heavy atom. The second-order valence-electron chi connectivity index (χ2n) is 6.46. The first-order chi connectivity index (χ1) is 10.7. The van der Waals surface area contributed by atoms with Crippen LogP contribution in [0.15, 0.2) is 24.3 Å². The van der Waals surface area contributed by atoms with Crippen LogP contribution in [-0.4, -0.2) is 31.5 Å². The summed E-state index contributed by atoms with van der Waals surface area (Å²) in [6.07, 6.45) is 2.64. The highest BCUT2D eigenvalue weighted by molar-refractivity contribution is 7.90. The summed E-state index contributed by atoms with van der Waals surface area (Å²) in [6.45, 7) is -0.815. The molecular weight excluding hydrogens is 326 g/mol. The van der Waals surface area contributed by atoms with Gasteiger partial charge in [-0.25, -0.2) is 8.42 Å². The van der Waals surface area contributed by atoms with Crippen molar-refractivity contribution in [3.63, 3.8) is 0 Å². The second-order valence-corrected chi connectivity index (χ2v) is 8.53. The number of alkyl halides is 2. The average molecular weight is 348 g/mol. The summed E-state index contributed by atoms with van der Waals surface area (Å²) in [5.74, 6) is 0.0170. The van der Waals surface area contributed by atoms with E-state index >= 15 is 0 Å². The van der Waals surface area contributed by atoms with Crippen LogP contribution < -0.4 is 4.74 Å². The van der Waals surface area contributed by atoms with Gasteiger partial charge in [0.2, 0.25) is 0 Å². The summed E-state index contributed by atoms with van der Waals surface area (Å²) >= 11 is 0. The maximum absolute atomic E-state index is 12.3. The van der Waals surface area contributed by atoms with Crippen molar-refractivity contribution >= 4 is 9.84 Å². The molecule has 1 aromatic rings. The van der Waals surface area contributed by atoms with Gasteiger partial charge >= 0.3 is 6.61 Å². The van der Waals surface area contributed by atoms with E-state index in [0.717, 1.165) is 12.8 Å². The lowest BCUT2D eigenvalue weighted by Crippen LogP contribution is -2.40. The van der Waals surface area contributed by atoms with Gasteiger partial charge in [0.05, 0.1) is 17.1 Å². The van der Waals surface area contributed by atoms with E-state index in [2.05, 4.69) is 11.7 Å². The number of benzene rings is 1. The molecule has 0 aliphatic heterocycles. The molecule has 2 rings (SSSR count). The molecule has 130 valence electrons. The topological polar surface area (TPSA) is 63.6 Å². The molecule has 1 N–H and O–H groups in total. The zero-order valence-corrected chi connectivity index (χ0v) is 13.9. The Labute approximate surface area is 135 Å². The normalized spacial score (nSPS) is 25.5. The quantitative estimate of drug-likeness (QED) is 0.858. The Balaban J connectivity index is 1.98. The number of ether oxygens (including phenoxy) is 1. The third kappa shape index (κ3) is 5.73. The number of rotatable bonds is 6. The highest BCUT2D eigenvalue weighted by Crippen LogP contribution is 2.33. The number of hydrogen-bond donors (Lipinski definition) is 1. The van der Waals surface area contributed by atoms with Crippen LogP contribution >= 0.6 is 0 Å². The number of halogens is 2. The zero-order valence-electron chi connectivity index (χ0n) is 13.0. The van der Waals surface area contributed by atoms with Gasteiger partial charge in [-0.05, 0) is 49.3 Å². The molecule has 4 nitrogen and oxygen atoms in total. The van der Waals surface area contributed by atoms with Crippen molar-refractivity contribution in [2.45, 2.75) is 50.6 Å². The molecular formula is C16H22F2O4S. The summed E-state index contributed by atoms with van der Waals surface area (Å²) < 4.78 is 53.0. The monoisotopic (exact) mass is 348 g/mol. The van der Waals surface area contributed by atoms with Gasteiger partial charge in [-0.15, -0.1) is 0 Å². The molecule has 0 unspecified atom stereocenters. The predicted octanol–water partition coefficient (Wildman–Crippen LogP) is 3.14. The Hall–Kier alpha value is -1.21. The molecule has 1 saturated carbocycles. The summed E-state index contributed by atoms with van der Waals surface area (Å²) in [6, 6.07) is 5.52. The fourth-order valence-electron chi connectivity index (χ4n) is 2.93. The fraction of sp³-hybridized carbons (Fsp3) is 0.625. The molecule has 0 spiro atoms. The van der Waals surface area contributed by atoms with Gasteiger partial charge in [-0.2, -0.15) is 8.78 Å². The van der Waals surface area contributed by atoms with Crippen molar-refractivity contribution < 1.29 is 27.0 Å². The second kappa shape index (κ2) is 7.13. The van der Waals surface area contributed by atoms with Crippen LogP contribution in [0, 0.1) is 5.92 Å². The first-order valence-corrected chi connectivity index (χ1v) is 9.46. The lowest BCUT2D eigenvalue weighted by molar-refractivity contribution is -0.0498. The third-order valence-electron chi connectivity index (χ3n) is 4.23. The molecule has 1 aromatic carbocycles. The summed E-state index contributed by atoms with van der Waals surface area (Å²) in [5, 5.41) is 10.5. The van der Waals surface area contributed by atoms with Gasteiger partial charge in [-0.3, -0.25) is 0 Å². The molecule has 1 aliphatic rings. The average Bonchev–Trinajstić information content (AvgIpc) is 2.43. The van der Waals surface area contributed by atoms with Gasteiger partial charge in [0.15, 0.2) is 9.84 Å². The summed E-state index contributed by atoms with van der Waals surface area (Å²) in [7, 11) is -3.49. The van der Waals surface area contributed by atoms with Gasteiger partial charge in [0, 0.05) is 0 Å². The highest BCUT2D eigenvalue weighted by atomic mass is 32.2. The standard InChI is InChI=1S/C16H22F2O4S/c1-12-6-8-16(19,9-7-12)11-23(20,21)10-13-2-4-14(5-3-13)22-15(17)18/h2-5,12,15,19H,6-11H2,1H3. The lowest BCUT2D eigenvalue weighted by atomic mass is 9.81. The van der Waals surface area contributed by atoms with Crippen molar-refractivity contribution in [3.05, 3.63) is 29.8 Å². The SMILES string of the molecule is CC1CCC(O)(CS(=O)(=O)Cc2ccc(OC(F)F)cc2)CC1. The molecule has 0 bridgehead atoms. The smallest absolute Gasteiger partial charge is 0.387 e. The maximum Gasteiger partial charge on any atom is 0.387 e. The highest BCUT2D eigenvalue weighted by Gasteiger charge is 2.36. The summed E-state index contributed by atoms with van der Waals surface area (Å²) in [5.41, 5.74) is -0.663. The van der Waals surface area contributed by atoms with Crippen molar-refractivity contribution in [2.75, 3.05) is 5.75 Å². The zero-order chi connectivity index (χ0) is 17.1. The number of hydrogen-bond acceptors (Lipinski definition) is 4. The van der Waals surface area contributed by atoms with E-state index in [-0.39, 0.29) is 17.3 Å². The molecule has 0 amide bonds. The van der Waals surface area contributed by atoms with Crippen LogP contribution in [0.1, 0.15) is 38.2 Å². The van der Waals surface area contributed by atoms with Gasteiger partial charge < -0.3 is 9.84 Å². The number of sulfone groups is 1. The van der Waals surface area contributed by atoms with E-state index in [1.807, 2.05) is 0 Å².